The molecule has 154 valence electrons. The molecule has 2 aromatic carbocycles. The first kappa shape index (κ1) is 23.1. The molecule has 2 aromatic rings. The van der Waals surface area contributed by atoms with Gasteiger partial charge in [0.2, 0.25) is 0 Å². The number of nitrogens with one attached hydrogen (secondary N) is 2. The molecule has 0 aromatic heterocycles. The summed E-state index contributed by atoms with van der Waals surface area (Å²) in [4.78, 5) is 0. The lowest BCUT2D eigenvalue weighted by Crippen LogP contribution is -2.28. The van der Waals surface area contributed by atoms with Crippen LogP contribution in [0.15, 0.2) is 30.3 Å². The van der Waals surface area contributed by atoms with Gasteiger partial charge in [-0.1, -0.05) is 40.9 Å². The van der Waals surface area contributed by atoms with Gasteiger partial charge in [0, 0.05) is 52.9 Å². The second-order valence-corrected chi connectivity index (χ2v) is 7.25. The molecule has 28 heavy (non-hydrogen) atoms. The van der Waals surface area contributed by atoms with Crippen LogP contribution in [0, 0.1) is 0 Å². The Kier molecular flexibility index (Phi) is 10.2. The molecule has 8 heteroatoms. The third-order valence-electron chi connectivity index (χ3n) is 3.89. The van der Waals surface area contributed by atoms with Crippen LogP contribution in [0.25, 0.3) is 0 Å². The molecule has 0 saturated heterocycles. The fourth-order valence-electron chi connectivity index (χ4n) is 2.49. The van der Waals surface area contributed by atoms with Crippen molar-refractivity contribution in [2.24, 2.45) is 0 Å². The summed E-state index contributed by atoms with van der Waals surface area (Å²) in [6.45, 7) is 5.54. The van der Waals surface area contributed by atoms with E-state index >= 15 is 0 Å². The molecule has 0 bridgehead atoms. The summed E-state index contributed by atoms with van der Waals surface area (Å²) in [6.07, 6.45) is 0. The molecular weight excluding hydrogens is 423 g/mol. The average Bonchev–Trinajstić information content (AvgIpc) is 2.66. The molecule has 0 aliphatic rings. The van der Waals surface area contributed by atoms with E-state index in [2.05, 4.69) is 10.6 Å². The topological polar surface area (TPSA) is 62.8 Å². The van der Waals surface area contributed by atoms with Crippen molar-refractivity contribution in [3.05, 3.63) is 56.5 Å². The Hall–Kier alpha value is -1.21. The molecule has 5 nitrogen and oxygen atoms in total. The van der Waals surface area contributed by atoms with E-state index in [1.807, 2.05) is 19.1 Å². The fourth-order valence-corrected chi connectivity index (χ4v) is 3.18. The highest BCUT2D eigenvalue weighted by molar-refractivity contribution is 6.35. The third-order valence-corrected chi connectivity index (χ3v) is 4.83. The summed E-state index contributed by atoms with van der Waals surface area (Å²) >= 11 is 18.6. The van der Waals surface area contributed by atoms with E-state index in [9.17, 15) is 0 Å². The first-order valence-corrected chi connectivity index (χ1v) is 10.2. The predicted octanol–water partition coefficient (Wildman–Crippen LogP) is 4.30. The lowest BCUT2D eigenvalue weighted by atomic mass is 10.2. The number of hydrogen-bond donors (Lipinski definition) is 3. The quantitative estimate of drug-likeness (QED) is 0.424. The van der Waals surface area contributed by atoms with Crippen LogP contribution in [0.5, 0.6) is 11.5 Å². The summed E-state index contributed by atoms with van der Waals surface area (Å²) < 4.78 is 11.6. The minimum Gasteiger partial charge on any atom is -0.490 e. The van der Waals surface area contributed by atoms with Crippen LogP contribution in [-0.2, 0) is 13.2 Å². The molecule has 0 radical (unpaired) electrons. The second-order valence-electron chi connectivity index (χ2n) is 6.00. The molecule has 0 saturated carbocycles. The van der Waals surface area contributed by atoms with E-state index in [0.717, 1.165) is 24.2 Å². The van der Waals surface area contributed by atoms with Crippen molar-refractivity contribution in [3.8, 4) is 11.5 Å². The summed E-state index contributed by atoms with van der Waals surface area (Å²) in [5.74, 6) is 1.19. The average molecular weight is 448 g/mol. The van der Waals surface area contributed by atoms with Gasteiger partial charge in [0.25, 0.3) is 0 Å². The molecule has 3 N–H and O–H groups in total. The van der Waals surface area contributed by atoms with Gasteiger partial charge >= 0.3 is 0 Å². The standard InChI is InChI=1S/C20H25Cl3N2O3/c1-2-27-19-9-15(12-25-6-5-24-7-8-26)18(23)11-20(19)28-13-14-3-4-16(21)10-17(14)22/h3-4,9-11,24-26H,2,5-8,12-13H2,1H3. The maximum absolute atomic E-state index is 8.75. The number of benzene rings is 2. The SMILES string of the molecule is CCOc1cc(CNCCNCCO)c(Cl)cc1OCc1ccc(Cl)cc1Cl. The Labute approximate surface area is 180 Å². The minimum atomic E-state index is 0.131. The zero-order valence-corrected chi connectivity index (χ0v) is 18.0. The number of aliphatic hydroxyl groups is 1. The molecule has 0 aliphatic carbocycles. The molecule has 0 unspecified atom stereocenters. The van der Waals surface area contributed by atoms with Crippen molar-refractivity contribution in [1.82, 2.24) is 10.6 Å². The third kappa shape index (κ3) is 7.32. The van der Waals surface area contributed by atoms with Crippen LogP contribution in [0.1, 0.15) is 18.1 Å². The zero-order valence-electron chi connectivity index (χ0n) is 15.7. The van der Waals surface area contributed by atoms with Crippen molar-refractivity contribution < 1.29 is 14.6 Å². The van der Waals surface area contributed by atoms with Gasteiger partial charge in [0.05, 0.1) is 13.2 Å². The normalized spacial score (nSPS) is 10.9. The minimum absolute atomic E-state index is 0.131. The predicted molar refractivity (Wildman–Crippen MR) is 115 cm³/mol. The summed E-state index contributed by atoms with van der Waals surface area (Å²) in [6, 6.07) is 8.93. The van der Waals surface area contributed by atoms with Gasteiger partial charge in [-0.3, -0.25) is 0 Å². The largest absolute Gasteiger partial charge is 0.490 e. The van der Waals surface area contributed by atoms with E-state index in [1.54, 1.807) is 18.2 Å². The molecule has 0 fully saturated rings. The lowest BCUT2D eigenvalue weighted by molar-refractivity contribution is 0.269. The van der Waals surface area contributed by atoms with E-state index < -0.39 is 0 Å². The Morgan fingerprint density at radius 1 is 0.857 bits per heavy atom. The molecule has 0 atom stereocenters. The first-order chi connectivity index (χ1) is 13.5. The molecule has 0 amide bonds. The summed E-state index contributed by atoms with van der Waals surface area (Å²) in [5, 5.41) is 16.9. The number of rotatable bonds is 12. The highest BCUT2D eigenvalue weighted by Gasteiger charge is 2.12. The van der Waals surface area contributed by atoms with Gasteiger partial charge in [-0.05, 0) is 30.7 Å². The highest BCUT2D eigenvalue weighted by atomic mass is 35.5. The Morgan fingerprint density at radius 3 is 2.29 bits per heavy atom. The Bertz CT molecular complexity index is 760. The molecule has 0 spiro atoms. The van der Waals surface area contributed by atoms with E-state index in [4.69, 9.17) is 49.4 Å². The van der Waals surface area contributed by atoms with Crippen molar-refractivity contribution in [2.45, 2.75) is 20.1 Å². The van der Waals surface area contributed by atoms with E-state index in [-0.39, 0.29) is 13.2 Å². The number of ether oxygens (including phenoxy) is 2. The highest BCUT2D eigenvalue weighted by Crippen LogP contribution is 2.34. The van der Waals surface area contributed by atoms with Gasteiger partial charge < -0.3 is 25.2 Å². The van der Waals surface area contributed by atoms with Crippen molar-refractivity contribution in [2.75, 3.05) is 32.8 Å². The number of halogens is 3. The number of hydrogen-bond acceptors (Lipinski definition) is 5. The van der Waals surface area contributed by atoms with Gasteiger partial charge in [-0.2, -0.15) is 0 Å². The molecular formula is C20H25Cl3N2O3. The monoisotopic (exact) mass is 446 g/mol. The van der Waals surface area contributed by atoms with Gasteiger partial charge in [-0.15, -0.1) is 0 Å². The van der Waals surface area contributed by atoms with Crippen molar-refractivity contribution in [1.29, 1.82) is 0 Å². The van der Waals surface area contributed by atoms with Crippen molar-refractivity contribution in [3.63, 3.8) is 0 Å². The smallest absolute Gasteiger partial charge is 0.163 e. The zero-order chi connectivity index (χ0) is 20.4. The molecule has 0 aliphatic heterocycles. The van der Waals surface area contributed by atoms with Crippen LogP contribution < -0.4 is 20.1 Å². The Morgan fingerprint density at radius 2 is 1.57 bits per heavy atom. The Balaban J connectivity index is 2.02. The van der Waals surface area contributed by atoms with Crippen LogP contribution in [-0.4, -0.2) is 38.0 Å². The maximum atomic E-state index is 8.75. The van der Waals surface area contributed by atoms with Crippen molar-refractivity contribution >= 4 is 34.8 Å². The molecule has 0 heterocycles. The maximum Gasteiger partial charge on any atom is 0.163 e. The van der Waals surface area contributed by atoms with E-state index in [0.29, 0.717) is 46.3 Å². The summed E-state index contributed by atoms with van der Waals surface area (Å²) in [5.41, 5.74) is 1.75. The number of aliphatic hydroxyl groups excluding tert-OH is 1. The van der Waals surface area contributed by atoms with Crippen LogP contribution >= 0.6 is 34.8 Å². The van der Waals surface area contributed by atoms with Gasteiger partial charge in [0.15, 0.2) is 11.5 Å². The fraction of sp³-hybridized carbons (Fsp3) is 0.400. The van der Waals surface area contributed by atoms with Gasteiger partial charge in [0.1, 0.15) is 6.61 Å². The van der Waals surface area contributed by atoms with Crippen LogP contribution in [0.3, 0.4) is 0 Å². The van der Waals surface area contributed by atoms with E-state index in [1.165, 1.54) is 0 Å². The first-order valence-electron chi connectivity index (χ1n) is 9.09. The van der Waals surface area contributed by atoms with Gasteiger partial charge in [-0.25, -0.2) is 0 Å². The second kappa shape index (κ2) is 12.4. The van der Waals surface area contributed by atoms with Crippen LogP contribution in [0.4, 0.5) is 0 Å². The summed E-state index contributed by atoms with van der Waals surface area (Å²) in [7, 11) is 0. The lowest BCUT2D eigenvalue weighted by Gasteiger charge is -2.16. The molecule has 2 rings (SSSR count). The van der Waals surface area contributed by atoms with Crippen LogP contribution in [0.2, 0.25) is 15.1 Å².